The molecule has 0 unspecified atom stereocenters. The van der Waals surface area contributed by atoms with Gasteiger partial charge in [0.25, 0.3) is 0 Å². The molecule has 2 aromatic rings. The highest BCUT2D eigenvalue weighted by Crippen LogP contribution is 2.27. The fourth-order valence-corrected chi connectivity index (χ4v) is 2.13. The highest BCUT2D eigenvalue weighted by Gasteiger charge is 2.09. The summed E-state index contributed by atoms with van der Waals surface area (Å²) in [6, 6.07) is 13.5. The Hall–Kier alpha value is -2.09. The van der Waals surface area contributed by atoms with Gasteiger partial charge in [-0.25, -0.2) is 4.79 Å². The van der Waals surface area contributed by atoms with Gasteiger partial charge in [0.2, 0.25) is 0 Å². The van der Waals surface area contributed by atoms with Gasteiger partial charge in [0.15, 0.2) is 0 Å². The van der Waals surface area contributed by atoms with Gasteiger partial charge in [-0.05, 0) is 47.2 Å². The number of aromatic carboxylic acids is 1. The van der Waals surface area contributed by atoms with Crippen LogP contribution in [-0.4, -0.2) is 11.1 Å². The molecule has 0 aliphatic rings. The zero-order valence-corrected chi connectivity index (χ0v) is 11.5. The molecule has 0 fully saturated rings. The maximum atomic E-state index is 11.1. The van der Waals surface area contributed by atoms with Crippen molar-refractivity contribution >= 4 is 5.97 Å². The Kier molecular flexibility index (Phi) is 3.70. The van der Waals surface area contributed by atoms with Crippen LogP contribution in [0.15, 0.2) is 42.5 Å². The predicted octanol–water partition coefficient (Wildman–Crippen LogP) is 4.48. The Morgan fingerprint density at radius 3 is 2.47 bits per heavy atom. The first kappa shape index (κ1) is 13.3. The first-order valence-electron chi connectivity index (χ1n) is 6.43. The van der Waals surface area contributed by atoms with Crippen LogP contribution < -0.4 is 0 Å². The monoisotopic (exact) mass is 254 g/mol. The van der Waals surface area contributed by atoms with Gasteiger partial charge in [-0.3, -0.25) is 0 Å². The highest BCUT2D eigenvalue weighted by molar-refractivity contribution is 5.90. The Morgan fingerprint density at radius 1 is 1.11 bits per heavy atom. The second-order valence-corrected chi connectivity index (χ2v) is 5.12. The van der Waals surface area contributed by atoms with Crippen molar-refractivity contribution in [1.29, 1.82) is 0 Å². The second kappa shape index (κ2) is 5.27. The summed E-state index contributed by atoms with van der Waals surface area (Å²) in [5.41, 5.74) is 4.74. The van der Waals surface area contributed by atoms with Crippen LogP contribution in [-0.2, 0) is 0 Å². The molecule has 0 aliphatic heterocycles. The van der Waals surface area contributed by atoms with E-state index in [1.54, 1.807) is 12.1 Å². The molecule has 98 valence electrons. The average molecular weight is 254 g/mol. The van der Waals surface area contributed by atoms with Crippen LogP contribution in [0.25, 0.3) is 11.1 Å². The molecule has 2 nitrogen and oxygen atoms in total. The van der Waals surface area contributed by atoms with Crippen molar-refractivity contribution in [1.82, 2.24) is 0 Å². The minimum absolute atomic E-state index is 0.329. The zero-order valence-electron chi connectivity index (χ0n) is 11.5. The van der Waals surface area contributed by atoms with Crippen LogP contribution >= 0.6 is 0 Å². The third-order valence-corrected chi connectivity index (χ3v) is 3.35. The molecule has 0 aliphatic carbocycles. The largest absolute Gasteiger partial charge is 0.478 e. The number of rotatable bonds is 3. The molecule has 19 heavy (non-hydrogen) atoms. The fourth-order valence-electron chi connectivity index (χ4n) is 2.13. The van der Waals surface area contributed by atoms with Crippen molar-refractivity contribution in [3.63, 3.8) is 0 Å². The van der Waals surface area contributed by atoms with Crippen LogP contribution in [0.2, 0.25) is 0 Å². The van der Waals surface area contributed by atoms with Crippen molar-refractivity contribution in [3.05, 3.63) is 59.2 Å². The van der Waals surface area contributed by atoms with E-state index >= 15 is 0 Å². The molecular weight excluding hydrogens is 236 g/mol. The van der Waals surface area contributed by atoms with Crippen LogP contribution in [0.4, 0.5) is 0 Å². The van der Waals surface area contributed by atoms with E-state index in [0.717, 1.165) is 16.7 Å². The van der Waals surface area contributed by atoms with Gasteiger partial charge < -0.3 is 5.11 Å². The summed E-state index contributed by atoms with van der Waals surface area (Å²) < 4.78 is 0. The Bertz CT molecular complexity index is 612. The molecule has 2 aromatic carbocycles. The summed E-state index contributed by atoms with van der Waals surface area (Å²) in [7, 11) is 0. The lowest BCUT2D eigenvalue weighted by molar-refractivity contribution is 0.0697. The third-order valence-electron chi connectivity index (χ3n) is 3.35. The van der Waals surface area contributed by atoms with E-state index in [0.29, 0.717) is 11.5 Å². The SMILES string of the molecule is Cc1ccc(C(=O)O)cc1-c1cccc(C(C)C)c1. The molecule has 0 spiro atoms. The second-order valence-electron chi connectivity index (χ2n) is 5.12. The van der Waals surface area contributed by atoms with Crippen molar-refractivity contribution in [3.8, 4) is 11.1 Å². The van der Waals surface area contributed by atoms with Crippen LogP contribution in [0, 0.1) is 6.92 Å². The van der Waals surface area contributed by atoms with Crippen LogP contribution in [0.1, 0.15) is 41.3 Å². The molecule has 1 N–H and O–H groups in total. The molecule has 2 heteroatoms. The van der Waals surface area contributed by atoms with Crippen LogP contribution in [0.3, 0.4) is 0 Å². The van der Waals surface area contributed by atoms with Gasteiger partial charge in [-0.15, -0.1) is 0 Å². The van der Waals surface area contributed by atoms with E-state index < -0.39 is 5.97 Å². The Morgan fingerprint density at radius 2 is 1.84 bits per heavy atom. The van der Waals surface area contributed by atoms with Crippen LogP contribution in [0.5, 0.6) is 0 Å². The van der Waals surface area contributed by atoms with Gasteiger partial charge in [-0.1, -0.05) is 44.2 Å². The molecular formula is C17H18O2. The lowest BCUT2D eigenvalue weighted by Crippen LogP contribution is -1.97. The topological polar surface area (TPSA) is 37.3 Å². The average Bonchev–Trinajstić information content (AvgIpc) is 2.39. The number of carboxylic acids is 1. The number of aryl methyl sites for hydroxylation is 1. The predicted molar refractivity (Wildman–Crippen MR) is 77.7 cm³/mol. The van der Waals surface area contributed by atoms with E-state index in [1.807, 2.05) is 25.1 Å². The summed E-state index contributed by atoms with van der Waals surface area (Å²) >= 11 is 0. The lowest BCUT2D eigenvalue weighted by atomic mass is 9.94. The van der Waals surface area contributed by atoms with Crippen molar-refractivity contribution < 1.29 is 9.90 Å². The van der Waals surface area contributed by atoms with E-state index in [2.05, 4.69) is 26.0 Å². The Labute approximate surface area is 113 Å². The first-order valence-corrected chi connectivity index (χ1v) is 6.43. The summed E-state index contributed by atoms with van der Waals surface area (Å²) in [5, 5.41) is 9.09. The minimum atomic E-state index is -0.888. The molecule has 0 heterocycles. The minimum Gasteiger partial charge on any atom is -0.478 e. The maximum absolute atomic E-state index is 11.1. The molecule has 0 aromatic heterocycles. The number of hydrogen-bond donors (Lipinski definition) is 1. The summed E-state index contributed by atoms with van der Waals surface area (Å²) in [4.78, 5) is 11.1. The molecule has 0 saturated heterocycles. The molecule has 0 amide bonds. The first-order chi connectivity index (χ1) is 8.99. The molecule has 2 rings (SSSR count). The van der Waals surface area contributed by atoms with E-state index in [4.69, 9.17) is 5.11 Å². The standard InChI is InChI=1S/C17H18O2/c1-11(2)13-5-4-6-14(9-13)16-10-15(17(18)19)8-7-12(16)3/h4-11H,1-3H3,(H,18,19). The number of carboxylic acid groups (broad SMARTS) is 1. The van der Waals surface area contributed by atoms with E-state index in [9.17, 15) is 4.79 Å². The van der Waals surface area contributed by atoms with Crippen molar-refractivity contribution in [2.45, 2.75) is 26.7 Å². The van der Waals surface area contributed by atoms with E-state index in [-0.39, 0.29) is 0 Å². The van der Waals surface area contributed by atoms with Gasteiger partial charge >= 0.3 is 5.97 Å². The zero-order chi connectivity index (χ0) is 14.0. The highest BCUT2D eigenvalue weighted by atomic mass is 16.4. The Balaban J connectivity index is 2.54. The van der Waals surface area contributed by atoms with Crippen molar-refractivity contribution in [2.24, 2.45) is 0 Å². The van der Waals surface area contributed by atoms with Crippen molar-refractivity contribution in [2.75, 3.05) is 0 Å². The number of hydrogen-bond acceptors (Lipinski definition) is 1. The summed E-state index contributed by atoms with van der Waals surface area (Å²) in [6.07, 6.45) is 0. The smallest absolute Gasteiger partial charge is 0.335 e. The quantitative estimate of drug-likeness (QED) is 0.876. The molecule has 0 bridgehead atoms. The van der Waals surface area contributed by atoms with Gasteiger partial charge in [-0.2, -0.15) is 0 Å². The lowest BCUT2D eigenvalue weighted by Gasteiger charge is -2.11. The number of benzene rings is 2. The third kappa shape index (κ3) is 2.84. The number of carbonyl (C=O) groups is 1. The van der Waals surface area contributed by atoms with Gasteiger partial charge in [0.1, 0.15) is 0 Å². The summed E-state index contributed by atoms with van der Waals surface area (Å²) in [6.45, 7) is 6.31. The normalized spacial score (nSPS) is 10.7. The maximum Gasteiger partial charge on any atom is 0.335 e. The van der Waals surface area contributed by atoms with Gasteiger partial charge in [0, 0.05) is 0 Å². The fraction of sp³-hybridized carbons (Fsp3) is 0.235. The van der Waals surface area contributed by atoms with E-state index in [1.165, 1.54) is 5.56 Å². The summed E-state index contributed by atoms with van der Waals surface area (Å²) in [5.74, 6) is -0.427. The molecule has 0 saturated carbocycles. The van der Waals surface area contributed by atoms with Gasteiger partial charge in [0.05, 0.1) is 5.56 Å². The molecule has 0 atom stereocenters. The molecule has 0 radical (unpaired) electrons.